The molecule has 19 heavy (non-hydrogen) atoms. The Labute approximate surface area is 112 Å². The molecule has 106 valence electrons. The van der Waals surface area contributed by atoms with Crippen LogP contribution in [0.4, 0.5) is 0 Å². The Morgan fingerprint density at radius 3 is 2.63 bits per heavy atom. The summed E-state index contributed by atoms with van der Waals surface area (Å²) >= 11 is 0. The van der Waals surface area contributed by atoms with Gasteiger partial charge in [-0.1, -0.05) is 0 Å². The van der Waals surface area contributed by atoms with Crippen LogP contribution in [0, 0.1) is 0 Å². The average molecular weight is 287 g/mol. The third kappa shape index (κ3) is 5.77. The first-order chi connectivity index (χ1) is 8.92. The molecular formula is C11H17N3O4S. The van der Waals surface area contributed by atoms with E-state index >= 15 is 0 Å². The number of nitrogens with one attached hydrogen (secondary N) is 1. The summed E-state index contributed by atoms with van der Waals surface area (Å²) in [4.78, 5) is 14.3. The Hall–Kier alpha value is -1.51. The van der Waals surface area contributed by atoms with E-state index in [1.54, 1.807) is 12.4 Å². The lowest BCUT2D eigenvalue weighted by Gasteiger charge is -2.16. The van der Waals surface area contributed by atoms with Crippen LogP contribution in [0.2, 0.25) is 0 Å². The van der Waals surface area contributed by atoms with E-state index in [0.29, 0.717) is 6.42 Å². The van der Waals surface area contributed by atoms with Gasteiger partial charge in [-0.2, -0.15) is 12.7 Å². The fourth-order valence-corrected chi connectivity index (χ4v) is 2.27. The van der Waals surface area contributed by atoms with Crippen molar-refractivity contribution in [3.8, 4) is 0 Å². The quantitative estimate of drug-likeness (QED) is 0.693. The first kappa shape index (κ1) is 15.5. The summed E-state index contributed by atoms with van der Waals surface area (Å²) in [5.41, 5.74) is 0.978. The SMILES string of the molecule is CN(CCC(=O)O)S(=O)(=O)NCCc1ccncc1. The number of aliphatic carboxylic acids is 1. The van der Waals surface area contributed by atoms with Gasteiger partial charge in [0.2, 0.25) is 0 Å². The first-order valence-corrected chi connectivity index (χ1v) is 7.17. The van der Waals surface area contributed by atoms with Gasteiger partial charge in [-0.25, -0.2) is 4.72 Å². The molecule has 1 rings (SSSR count). The molecule has 0 saturated heterocycles. The molecule has 0 aromatic carbocycles. The smallest absolute Gasteiger partial charge is 0.304 e. The lowest BCUT2D eigenvalue weighted by Crippen LogP contribution is -2.40. The van der Waals surface area contributed by atoms with Crippen LogP contribution in [0.25, 0.3) is 0 Å². The molecule has 7 nitrogen and oxygen atoms in total. The predicted octanol–water partition coefficient (Wildman–Crippen LogP) is -0.135. The highest BCUT2D eigenvalue weighted by Gasteiger charge is 2.17. The highest BCUT2D eigenvalue weighted by atomic mass is 32.2. The van der Waals surface area contributed by atoms with Crippen molar-refractivity contribution in [2.24, 2.45) is 0 Å². The Morgan fingerprint density at radius 1 is 1.42 bits per heavy atom. The Morgan fingerprint density at radius 2 is 2.05 bits per heavy atom. The van der Waals surface area contributed by atoms with Gasteiger partial charge in [0.1, 0.15) is 0 Å². The van der Waals surface area contributed by atoms with Gasteiger partial charge in [-0.15, -0.1) is 0 Å². The molecule has 0 bridgehead atoms. The topological polar surface area (TPSA) is 99.6 Å². The van der Waals surface area contributed by atoms with Crippen molar-refractivity contribution < 1.29 is 18.3 Å². The molecule has 0 atom stereocenters. The van der Waals surface area contributed by atoms with Gasteiger partial charge in [0, 0.05) is 32.5 Å². The number of hydrogen-bond acceptors (Lipinski definition) is 4. The zero-order valence-corrected chi connectivity index (χ0v) is 11.4. The van der Waals surface area contributed by atoms with E-state index < -0.39 is 16.2 Å². The predicted molar refractivity (Wildman–Crippen MR) is 69.7 cm³/mol. The van der Waals surface area contributed by atoms with Crippen molar-refractivity contribution in [1.82, 2.24) is 14.0 Å². The normalized spacial score (nSPS) is 11.7. The van der Waals surface area contributed by atoms with Gasteiger partial charge in [0.15, 0.2) is 0 Å². The van der Waals surface area contributed by atoms with Crippen LogP contribution in [0.1, 0.15) is 12.0 Å². The van der Waals surface area contributed by atoms with Gasteiger partial charge in [-0.3, -0.25) is 9.78 Å². The van der Waals surface area contributed by atoms with E-state index in [0.717, 1.165) is 9.87 Å². The molecule has 0 radical (unpaired) electrons. The van der Waals surface area contributed by atoms with Crippen molar-refractivity contribution in [2.45, 2.75) is 12.8 Å². The molecule has 0 amide bonds. The maximum absolute atomic E-state index is 11.7. The standard InChI is InChI=1S/C11H17N3O4S/c1-14(9-5-11(15)16)19(17,18)13-8-4-10-2-6-12-7-3-10/h2-3,6-7,13H,4-5,8-9H2,1H3,(H,15,16). The minimum absolute atomic E-state index is 0.0556. The van der Waals surface area contributed by atoms with E-state index in [4.69, 9.17) is 5.11 Å². The minimum atomic E-state index is -3.62. The molecule has 0 unspecified atom stereocenters. The van der Waals surface area contributed by atoms with Gasteiger partial charge >= 0.3 is 5.97 Å². The second-order valence-electron chi connectivity index (χ2n) is 3.97. The monoisotopic (exact) mass is 287 g/mol. The van der Waals surface area contributed by atoms with Crippen LogP contribution in [0.15, 0.2) is 24.5 Å². The molecule has 0 fully saturated rings. The van der Waals surface area contributed by atoms with E-state index in [-0.39, 0.29) is 19.5 Å². The van der Waals surface area contributed by atoms with Gasteiger partial charge in [0.25, 0.3) is 10.2 Å². The number of carboxylic acid groups (broad SMARTS) is 1. The van der Waals surface area contributed by atoms with Crippen molar-refractivity contribution in [3.05, 3.63) is 30.1 Å². The highest BCUT2D eigenvalue weighted by molar-refractivity contribution is 7.87. The highest BCUT2D eigenvalue weighted by Crippen LogP contribution is 1.99. The summed E-state index contributed by atoms with van der Waals surface area (Å²) in [6.07, 6.45) is 3.61. The van der Waals surface area contributed by atoms with Crippen LogP contribution in [0.5, 0.6) is 0 Å². The molecule has 0 aliphatic heterocycles. The van der Waals surface area contributed by atoms with Crippen LogP contribution < -0.4 is 4.72 Å². The van der Waals surface area contributed by atoms with Crippen LogP contribution in [0.3, 0.4) is 0 Å². The second kappa shape index (κ2) is 7.17. The van der Waals surface area contributed by atoms with E-state index in [9.17, 15) is 13.2 Å². The van der Waals surface area contributed by atoms with Gasteiger partial charge in [0.05, 0.1) is 6.42 Å². The molecule has 1 aromatic rings. The molecule has 0 saturated carbocycles. The van der Waals surface area contributed by atoms with Crippen LogP contribution in [-0.2, 0) is 21.4 Å². The maximum atomic E-state index is 11.7. The lowest BCUT2D eigenvalue weighted by molar-refractivity contribution is -0.137. The Balaban J connectivity index is 2.40. The lowest BCUT2D eigenvalue weighted by atomic mass is 10.2. The summed E-state index contributed by atoms with van der Waals surface area (Å²) < 4.78 is 26.9. The average Bonchev–Trinajstić information content (AvgIpc) is 2.36. The number of rotatable bonds is 8. The van der Waals surface area contributed by atoms with Crippen LogP contribution in [-0.4, -0.2) is 48.9 Å². The first-order valence-electron chi connectivity index (χ1n) is 5.73. The molecule has 0 aliphatic carbocycles. The largest absolute Gasteiger partial charge is 0.481 e. The number of hydrogen-bond donors (Lipinski definition) is 2. The van der Waals surface area contributed by atoms with Crippen molar-refractivity contribution in [1.29, 1.82) is 0 Å². The number of carboxylic acids is 1. The van der Waals surface area contributed by atoms with Crippen molar-refractivity contribution in [3.63, 3.8) is 0 Å². The summed E-state index contributed by atoms with van der Waals surface area (Å²) in [5.74, 6) is -1.03. The molecule has 1 aromatic heterocycles. The number of carbonyl (C=O) groups is 1. The van der Waals surface area contributed by atoms with Crippen molar-refractivity contribution in [2.75, 3.05) is 20.1 Å². The molecule has 0 spiro atoms. The summed E-state index contributed by atoms with van der Waals surface area (Å²) in [6, 6.07) is 3.62. The van der Waals surface area contributed by atoms with E-state index in [2.05, 4.69) is 9.71 Å². The van der Waals surface area contributed by atoms with Crippen molar-refractivity contribution >= 4 is 16.2 Å². The Bertz CT molecular complexity index is 504. The van der Waals surface area contributed by atoms with E-state index in [1.165, 1.54) is 7.05 Å². The molecule has 8 heteroatoms. The molecule has 0 aliphatic rings. The van der Waals surface area contributed by atoms with Crippen LogP contribution >= 0.6 is 0 Å². The van der Waals surface area contributed by atoms with Gasteiger partial charge in [-0.05, 0) is 24.1 Å². The van der Waals surface area contributed by atoms with E-state index in [1.807, 2.05) is 12.1 Å². The fourth-order valence-electron chi connectivity index (χ4n) is 1.36. The minimum Gasteiger partial charge on any atom is -0.481 e. The molecule has 2 N–H and O–H groups in total. The Kier molecular flexibility index (Phi) is 5.87. The molecular weight excluding hydrogens is 270 g/mol. The number of nitrogens with zero attached hydrogens (tertiary/aromatic N) is 2. The number of pyridine rings is 1. The second-order valence-corrected chi connectivity index (χ2v) is 5.83. The third-order valence-corrected chi connectivity index (χ3v) is 4.07. The van der Waals surface area contributed by atoms with Gasteiger partial charge < -0.3 is 5.11 Å². The number of aromatic nitrogens is 1. The third-order valence-electron chi connectivity index (χ3n) is 2.50. The summed E-state index contributed by atoms with van der Waals surface area (Å²) in [7, 11) is -2.28. The maximum Gasteiger partial charge on any atom is 0.304 e. The zero-order chi connectivity index (χ0) is 14.3. The summed E-state index contributed by atoms with van der Waals surface area (Å²) in [5, 5.41) is 8.51. The fraction of sp³-hybridized carbons (Fsp3) is 0.455. The zero-order valence-electron chi connectivity index (χ0n) is 10.6. The summed E-state index contributed by atoms with van der Waals surface area (Å²) in [6.45, 7) is 0.198. The molecule has 1 heterocycles.